The molecule has 1 amide bonds. The molecule has 0 aromatic heterocycles. The van der Waals surface area contributed by atoms with Crippen LogP contribution in [0.4, 0.5) is 5.69 Å². The van der Waals surface area contributed by atoms with Gasteiger partial charge < -0.3 is 14.8 Å². The predicted octanol–water partition coefficient (Wildman–Crippen LogP) is 4.52. The quantitative estimate of drug-likeness (QED) is 0.717. The maximum absolute atomic E-state index is 12.4. The highest BCUT2D eigenvalue weighted by atomic mass is 79.9. The van der Waals surface area contributed by atoms with E-state index in [4.69, 9.17) is 4.74 Å². The fourth-order valence-electron chi connectivity index (χ4n) is 2.03. The van der Waals surface area contributed by atoms with Crippen molar-refractivity contribution in [3.05, 3.63) is 58.1 Å². The highest BCUT2D eigenvalue weighted by Gasteiger charge is 2.11. The van der Waals surface area contributed by atoms with Gasteiger partial charge in [-0.3, -0.25) is 4.79 Å². The number of methoxy groups -OCH3 is 1. The number of carbonyl (C=O) groups excluding carboxylic acids is 2. The molecule has 0 spiro atoms. The van der Waals surface area contributed by atoms with Crippen LogP contribution >= 0.6 is 15.9 Å². The molecular weight excluding hydrogens is 386 g/mol. The third-order valence-electron chi connectivity index (χ3n) is 3.33. The summed E-state index contributed by atoms with van der Waals surface area (Å²) in [4.78, 5) is 23.8. The lowest BCUT2D eigenvalue weighted by Gasteiger charge is -2.12. The van der Waals surface area contributed by atoms with E-state index in [1.807, 2.05) is 0 Å². The molecule has 0 aliphatic heterocycles. The largest absolute Gasteiger partial charge is 0.492 e. The molecule has 0 atom stereocenters. The Bertz CT molecular complexity index is 757. The Morgan fingerprint density at radius 1 is 1.08 bits per heavy atom. The van der Waals surface area contributed by atoms with Crippen molar-refractivity contribution in [2.75, 3.05) is 19.0 Å². The first-order valence-corrected chi connectivity index (χ1v) is 8.62. The Hall–Kier alpha value is -2.34. The molecule has 0 heterocycles. The minimum Gasteiger partial charge on any atom is -0.492 e. The number of carbonyl (C=O) groups is 2. The van der Waals surface area contributed by atoms with Gasteiger partial charge in [0, 0.05) is 11.3 Å². The number of rotatable bonds is 6. The Morgan fingerprint density at radius 2 is 1.72 bits per heavy atom. The third-order valence-corrected chi connectivity index (χ3v) is 3.95. The summed E-state index contributed by atoms with van der Waals surface area (Å²) >= 11 is 3.43. The topological polar surface area (TPSA) is 64.6 Å². The number of halogens is 1. The molecular formula is C19H20BrNO4. The van der Waals surface area contributed by atoms with E-state index in [0.29, 0.717) is 35.1 Å². The number of amides is 1. The number of hydrogen-bond donors (Lipinski definition) is 1. The van der Waals surface area contributed by atoms with Gasteiger partial charge in [0.15, 0.2) is 0 Å². The fraction of sp³-hybridized carbons (Fsp3) is 0.263. The smallest absolute Gasteiger partial charge is 0.337 e. The molecule has 0 bridgehead atoms. The Balaban J connectivity index is 2.05. The predicted molar refractivity (Wildman–Crippen MR) is 100 cm³/mol. The van der Waals surface area contributed by atoms with E-state index in [1.165, 1.54) is 7.11 Å². The molecule has 0 fully saturated rings. The summed E-state index contributed by atoms with van der Waals surface area (Å²) in [5, 5.41) is 2.79. The average molecular weight is 406 g/mol. The van der Waals surface area contributed by atoms with Crippen molar-refractivity contribution in [3.8, 4) is 5.75 Å². The van der Waals surface area contributed by atoms with Crippen LogP contribution in [0.2, 0.25) is 0 Å². The third kappa shape index (κ3) is 5.32. The van der Waals surface area contributed by atoms with Gasteiger partial charge >= 0.3 is 5.97 Å². The van der Waals surface area contributed by atoms with Crippen LogP contribution in [0.5, 0.6) is 5.75 Å². The van der Waals surface area contributed by atoms with Crippen LogP contribution in [-0.4, -0.2) is 25.6 Å². The number of nitrogens with one attached hydrogen (secondary N) is 1. The Labute approximate surface area is 155 Å². The van der Waals surface area contributed by atoms with Gasteiger partial charge in [-0.15, -0.1) is 0 Å². The minimum absolute atomic E-state index is 0.248. The number of ether oxygens (including phenoxy) is 2. The van der Waals surface area contributed by atoms with E-state index in [-0.39, 0.29) is 5.91 Å². The van der Waals surface area contributed by atoms with Gasteiger partial charge in [0.1, 0.15) is 5.75 Å². The molecule has 2 aromatic carbocycles. The Morgan fingerprint density at radius 3 is 2.28 bits per heavy atom. The molecule has 0 radical (unpaired) electrons. The van der Waals surface area contributed by atoms with E-state index in [2.05, 4.69) is 39.8 Å². The zero-order valence-electron chi connectivity index (χ0n) is 14.3. The van der Waals surface area contributed by atoms with E-state index in [1.54, 1.807) is 42.5 Å². The van der Waals surface area contributed by atoms with Crippen LogP contribution in [0.3, 0.4) is 0 Å². The molecule has 25 heavy (non-hydrogen) atoms. The lowest BCUT2D eigenvalue weighted by Crippen LogP contribution is -2.12. The second-order valence-electron chi connectivity index (χ2n) is 5.87. The summed E-state index contributed by atoms with van der Waals surface area (Å²) in [6.07, 6.45) is 0. The van der Waals surface area contributed by atoms with Gasteiger partial charge in [-0.25, -0.2) is 4.79 Å². The van der Waals surface area contributed by atoms with Crippen molar-refractivity contribution in [2.24, 2.45) is 5.92 Å². The minimum atomic E-state index is -0.418. The first-order valence-electron chi connectivity index (χ1n) is 7.82. The second kappa shape index (κ2) is 8.67. The molecule has 0 aliphatic carbocycles. The van der Waals surface area contributed by atoms with Gasteiger partial charge in [0.05, 0.1) is 23.8 Å². The Kier molecular flexibility index (Phi) is 6.58. The number of hydrogen-bond acceptors (Lipinski definition) is 4. The lowest BCUT2D eigenvalue weighted by atomic mass is 10.1. The summed E-state index contributed by atoms with van der Waals surface area (Å²) in [7, 11) is 1.32. The van der Waals surface area contributed by atoms with Crippen molar-refractivity contribution in [1.82, 2.24) is 0 Å². The van der Waals surface area contributed by atoms with E-state index >= 15 is 0 Å². The van der Waals surface area contributed by atoms with Gasteiger partial charge in [-0.05, 0) is 64.3 Å². The van der Waals surface area contributed by atoms with Crippen molar-refractivity contribution < 1.29 is 19.1 Å². The molecule has 2 aromatic rings. The lowest BCUT2D eigenvalue weighted by molar-refractivity contribution is 0.0600. The molecule has 6 heteroatoms. The maximum atomic E-state index is 12.4. The van der Waals surface area contributed by atoms with Crippen molar-refractivity contribution in [1.29, 1.82) is 0 Å². The monoisotopic (exact) mass is 405 g/mol. The van der Waals surface area contributed by atoms with Crippen LogP contribution < -0.4 is 10.1 Å². The highest BCUT2D eigenvalue weighted by molar-refractivity contribution is 9.10. The van der Waals surface area contributed by atoms with E-state index < -0.39 is 5.97 Å². The molecule has 0 saturated carbocycles. The van der Waals surface area contributed by atoms with Crippen LogP contribution in [0.25, 0.3) is 0 Å². The standard InChI is InChI=1S/C19H20BrNO4/c1-12(2)11-25-17-9-6-14(10-16(17)20)18(22)21-15-7-4-13(5-8-15)19(23)24-3/h4-10,12H,11H2,1-3H3,(H,21,22). The molecule has 0 aliphatic rings. The van der Waals surface area contributed by atoms with Crippen molar-refractivity contribution >= 4 is 33.5 Å². The first kappa shape index (κ1) is 19.0. The molecule has 1 N–H and O–H groups in total. The SMILES string of the molecule is COC(=O)c1ccc(NC(=O)c2ccc(OCC(C)C)c(Br)c2)cc1. The van der Waals surface area contributed by atoms with E-state index in [9.17, 15) is 9.59 Å². The maximum Gasteiger partial charge on any atom is 0.337 e. The number of esters is 1. The summed E-state index contributed by atoms with van der Waals surface area (Å²) in [5.41, 5.74) is 1.52. The highest BCUT2D eigenvalue weighted by Crippen LogP contribution is 2.27. The zero-order valence-corrected chi connectivity index (χ0v) is 15.9. The van der Waals surface area contributed by atoms with Crippen molar-refractivity contribution in [2.45, 2.75) is 13.8 Å². The van der Waals surface area contributed by atoms with Crippen molar-refractivity contribution in [3.63, 3.8) is 0 Å². The van der Waals surface area contributed by atoms with Gasteiger partial charge in [-0.1, -0.05) is 13.8 Å². The van der Waals surface area contributed by atoms with Gasteiger partial charge in [0.2, 0.25) is 0 Å². The van der Waals surface area contributed by atoms with Crippen LogP contribution in [-0.2, 0) is 4.74 Å². The number of anilines is 1. The zero-order chi connectivity index (χ0) is 18.4. The fourth-order valence-corrected chi connectivity index (χ4v) is 2.52. The molecule has 0 unspecified atom stereocenters. The van der Waals surface area contributed by atoms with Crippen LogP contribution in [0.1, 0.15) is 34.6 Å². The molecule has 0 saturated heterocycles. The average Bonchev–Trinajstić information content (AvgIpc) is 2.60. The van der Waals surface area contributed by atoms with E-state index in [0.717, 1.165) is 4.47 Å². The molecule has 2 rings (SSSR count). The van der Waals surface area contributed by atoms with Gasteiger partial charge in [0.25, 0.3) is 5.91 Å². The first-order chi connectivity index (χ1) is 11.9. The summed E-state index contributed by atoms with van der Waals surface area (Å²) in [6.45, 7) is 4.75. The number of benzene rings is 2. The summed E-state index contributed by atoms with van der Waals surface area (Å²) in [5.74, 6) is 0.455. The van der Waals surface area contributed by atoms with Crippen LogP contribution in [0.15, 0.2) is 46.9 Å². The normalized spacial score (nSPS) is 10.4. The van der Waals surface area contributed by atoms with Gasteiger partial charge in [-0.2, -0.15) is 0 Å². The molecule has 132 valence electrons. The molecule has 5 nitrogen and oxygen atoms in total. The van der Waals surface area contributed by atoms with Crippen LogP contribution in [0, 0.1) is 5.92 Å². The summed E-state index contributed by atoms with van der Waals surface area (Å²) < 4.78 is 11.0. The second-order valence-corrected chi connectivity index (χ2v) is 6.73. The summed E-state index contributed by atoms with van der Waals surface area (Å²) in [6, 6.07) is 11.7.